The predicted octanol–water partition coefficient (Wildman–Crippen LogP) is 6.24. The molecule has 0 spiro atoms. The Morgan fingerprint density at radius 2 is 1.69 bits per heavy atom. The smallest absolute Gasteiger partial charge is 0.260 e. The Labute approximate surface area is 286 Å². The van der Waals surface area contributed by atoms with Crippen LogP contribution in [0.5, 0.6) is 11.5 Å². The van der Waals surface area contributed by atoms with Gasteiger partial charge in [0.2, 0.25) is 11.8 Å². The minimum Gasteiger partial charge on any atom is -0.503 e. The van der Waals surface area contributed by atoms with E-state index in [1.165, 1.54) is 36.3 Å². The van der Waals surface area contributed by atoms with Gasteiger partial charge < -0.3 is 9.84 Å². The number of hydrogen-bond donors (Lipinski definition) is 2. The number of likely N-dealkylation sites (tertiary alicyclic amines) is 1. The van der Waals surface area contributed by atoms with Crippen LogP contribution in [0.15, 0.2) is 72.3 Å². The summed E-state index contributed by atoms with van der Waals surface area (Å²) in [6.45, 7) is 2.20. The predicted molar refractivity (Wildman–Crippen MR) is 176 cm³/mol. The number of carbonyl (C=O) groups is 4. The molecule has 0 aromatic heterocycles. The summed E-state index contributed by atoms with van der Waals surface area (Å²) in [6.07, 6.45) is 2.93. The molecule has 3 aromatic rings. The first-order valence-electron chi connectivity index (χ1n) is 15.8. The minimum atomic E-state index is -1.58. The fourth-order valence-electron chi connectivity index (χ4n) is 8.46. The molecular weight excluding hydrogens is 660 g/mol. The van der Waals surface area contributed by atoms with Crippen LogP contribution in [-0.2, 0) is 24.6 Å². The Morgan fingerprint density at radius 1 is 0.979 bits per heavy atom. The molecule has 2 N–H and O–H groups in total. The highest BCUT2D eigenvalue weighted by Crippen LogP contribution is 2.64. The number of phenols is 1. The molecule has 12 heteroatoms. The van der Waals surface area contributed by atoms with Gasteiger partial charge in [0.05, 0.1) is 41.0 Å². The van der Waals surface area contributed by atoms with Crippen molar-refractivity contribution in [1.82, 2.24) is 9.91 Å². The zero-order valence-electron chi connectivity index (χ0n) is 26.1. The maximum Gasteiger partial charge on any atom is 0.260 e. The highest BCUT2D eigenvalue weighted by atomic mass is 35.5. The van der Waals surface area contributed by atoms with E-state index in [0.717, 1.165) is 10.6 Å². The summed E-state index contributed by atoms with van der Waals surface area (Å²) in [5.74, 6) is -6.06. The molecule has 2 aliphatic carbocycles. The number of halogens is 3. The van der Waals surface area contributed by atoms with Gasteiger partial charge in [-0.15, -0.1) is 0 Å². The van der Waals surface area contributed by atoms with E-state index >= 15 is 4.79 Å². The summed E-state index contributed by atoms with van der Waals surface area (Å²) in [5, 5.41) is 12.1. The van der Waals surface area contributed by atoms with Gasteiger partial charge in [-0.1, -0.05) is 53.9 Å². The topological polar surface area (TPSA) is 116 Å². The van der Waals surface area contributed by atoms with Crippen molar-refractivity contribution in [3.05, 3.63) is 99.3 Å². The Balaban J connectivity index is 1.48. The second-order valence-corrected chi connectivity index (χ2v) is 13.6. The summed E-state index contributed by atoms with van der Waals surface area (Å²) in [4.78, 5) is 58.6. The Morgan fingerprint density at radius 3 is 2.35 bits per heavy atom. The van der Waals surface area contributed by atoms with Gasteiger partial charge in [0.15, 0.2) is 11.5 Å². The van der Waals surface area contributed by atoms with E-state index in [4.69, 9.17) is 27.9 Å². The second-order valence-electron chi connectivity index (χ2n) is 12.8. The molecule has 0 bridgehead atoms. The zero-order valence-corrected chi connectivity index (χ0v) is 27.6. The Kier molecular flexibility index (Phi) is 7.99. The normalized spacial score (nSPS) is 27.9. The van der Waals surface area contributed by atoms with Crippen molar-refractivity contribution in [2.75, 3.05) is 19.1 Å². The Hall–Kier alpha value is -4.41. The monoisotopic (exact) mass is 691 g/mol. The first kappa shape index (κ1) is 32.2. The molecule has 2 aliphatic heterocycles. The minimum absolute atomic E-state index is 0.0251. The van der Waals surface area contributed by atoms with E-state index in [1.54, 1.807) is 36.4 Å². The number of imide groups is 2. The molecule has 0 radical (unpaired) electrons. The third-order valence-corrected chi connectivity index (χ3v) is 10.9. The summed E-state index contributed by atoms with van der Waals surface area (Å²) in [5.41, 5.74) is 3.38. The number of nitrogens with one attached hydrogen (secondary N) is 1. The van der Waals surface area contributed by atoms with Gasteiger partial charge in [-0.05, 0) is 84.8 Å². The molecule has 6 atom stereocenters. The second kappa shape index (κ2) is 11.9. The fraction of sp³-hybridized carbons (Fsp3) is 0.333. The van der Waals surface area contributed by atoms with E-state index in [1.807, 2.05) is 13.0 Å². The number of carbonyl (C=O) groups excluding carboxylic acids is 4. The molecule has 2 saturated heterocycles. The number of nitrogens with zero attached hydrogens (tertiary/aromatic N) is 2. The molecule has 7 rings (SSSR count). The lowest BCUT2D eigenvalue weighted by molar-refractivity contribution is -0.141. The quantitative estimate of drug-likeness (QED) is 0.223. The molecule has 248 valence electrons. The number of phenolic OH excluding ortho intramolecular Hbond substituents is 1. The maximum absolute atomic E-state index is 15.1. The average Bonchev–Trinajstić information content (AvgIpc) is 3.44. The molecule has 3 fully saturated rings. The van der Waals surface area contributed by atoms with E-state index in [0.29, 0.717) is 34.8 Å². The molecular formula is C36H32Cl2FN3O6. The van der Waals surface area contributed by atoms with Gasteiger partial charge in [-0.3, -0.25) is 29.5 Å². The molecule has 2 heterocycles. The molecule has 9 nitrogen and oxygen atoms in total. The van der Waals surface area contributed by atoms with Crippen LogP contribution in [-0.4, -0.2) is 52.3 Å². The summed E-state index contributed by atoms with van der Waals surface area (Å²) >= 11 is 12.9. The molecule has 6 unspecified atom stereocenters. The average molecular weight is 693 g/mol. The maximum atomic E-state index is 15.1. The van der Waals surface area contributed by atoms with Crippen molar-refractivity contribution in [1.29, 1.82) is 0 Å². The number of hydrazine groups is 1. The number of methoxy groups -OCH3 is 1. The largest absolute Gasteiger partial charge is 0.503 e. The van der Waals surface area contributed by atoms with E-state index in [-0.39, 0.29) is 41.2 Å². The van der Waals surface area contributed by atoms with Gasteiger partial charge in [-0.25, -0.2) is 4.39 Å². The van der Waals surface area contributed by atoms with Crippen molar-refractivity contribution in [2.24, 2.45) is 23.7 Å². The van der Waals surface area contributed by atoms with Crippen molar-refractivity contribution in [3.8, 4) is 11.5 Å². The van der Waals surface area contributed by atoms with Gasteiger partial charge in [0.1, 0.15) is 5.82 Å². The number of rotatable bonds is 7. The third-order valence-electron chi connectivity index (χ3n) is 10.4. The SMILES string of the molecule is CCCN1C(=O)C2CC=C3C(CC4C(=O)N(Nc5ccc(F)cc5)C(=O)C4(c4ccc(Cl)cc4)C3c3cc(Cl)c(O)c(OC)c3)C2C1=O. The molecule has 3 aromatic carbocycles. The fourth-order valence-corrected chi connectivity index (χ4v) is 8.80. The van der Waals surface area contributed by atoms with Crippen LogP contribution in [0.1, 0.15) is 43.2 Å². The van der Waals surface area contributed by atoms with Crippen molar-refractivity contribution < 1.29 is 33.4 Å². The first-order chi connectivity index (χ1) is 23.0. The highest BCUT2D eigenvalue weighted by Gasteiger charge is 2.70. The van der Waals surface area contributed by atoms with Crippen LogP contribution in [0.2, 0.25) is 10.0 Å². The summed E-state index contributed by atoms with van der Waals surface area (Å²) in [6, 6.07) is 15.2. The molecule has 1 saturated carbocycles. The number of ether oxygens (including phenoxy) is 1. The first-order valence-corrected chi connectivity index (χ1v) is 16.6. The van der Waals surface area contributed by atoms with Crippen molar-refractivity contribution in [2.45, 2.75) is 37.5 Å². The van der Waals surface area contributed by atoms with Crippen molar-refractivity contribution in [3.63, 3.8) is 0 Å². The lowest BCUT2D eigenvalue weighted by Crippen LogP contribution is -2.53. The Bertz CT molecular complexity index is 1880. The summed E-state index contributed by atoms with van der Waals surface area (Å²) < 4.78 is 19.3. The van der Waals surface area contributed by atoms with Gasteiger partial charge >= 0.3 is 0 Å². The molecule has 48 heavy (non-hydrogen) atoms. The van der Waals surface area contributed by atoms with Gasteiger partial charge in [0.25, 0.3) is 11.8 Å². The lowest BCUT2D eigenvalue weighted by atomic mass is 9.49. The van der Waals surface area contributed by atoms with Crippen LogP contribution in [0.4, 0.5) is 10.1 Å². The van der Waals surface area contributed by atoms with Crippen molar-refractivity contribution >= 4 is 52.5 Å². The van der Waals surface area contributed by atoms with E-state index < -0.39 is 52.6 Å². The number of amides is 4. The molecule has 4 amide bonds. The van der Waals surface area contributed by atoms with Crippen LogP contribution in [0.3, 0.4) is 0 Å². The summed E-state index contributed by atoms with van der Waals surface area (Å²) in [7, 11) is 1.38. The van der Waals surface area contributed by atoms with Crippen LogP contribution < -0.4 is 10.2 Å². The van der Waals surface area contributed by atoms with E-state index in [2.05, 4.69) is 5.43 Å². The van der Waals surface area contributed by atoms with Crippen LogP contribution in [0.25, 0.3) is 0 Å². The van der Waals surface area contributed by atoms with Gasteiger partial charge in [0, 0.05) is 17.5 Å². The van der Waals surface area contributed by atoms with E-state index in [9.17, 15) is 23.9 Å². The standard InChI is InChI=1S/C36H32Cl2FN3O6/c1-3-14-41-32(44)24-13-12-23-25(29(24)34(41)46)17-26-33(45)42(40-22-10-8-21(39)9-11-22)35(47)36(26,19-4-6-20(37)7-5-19)30(23)18-15-27(38)31(43)28(16-18)48-2/h4-12,15-16,24-26,29-30,40,43H,3,13-14,17H2,1-2H3. The third kappa shape index (κ3) is 4.63. The van der Waals surface area contributed by atoms with Crippen LogP contribution in [0, 0.1) is 29.5 Å². The number of anilines is 1. The number of hydrogen-bond acceptors (Lipinski definition) is 7. The highest BCUT2D eigenvalue weighted by molar-refractivity contribution is 6.32. The van der Waals surface area contributed by atoms with Crippen LogP contribution >= 0.6 is 23.2 Å². The number of fused-ring (bicyclic) bond motifs is 4. The molecule has 4 aliphatic rings. The number of allylic oxidation sites excluding steroid dienone is 2. The number of aromatic hydroxyl groups is 1. The van der Waals surface area contributed by atoms with Gasteiger partial charge in [-0.2, -0.15) is 5.01 Å². The lowest BCUT2D eigenvalue weighted by Gasteiger charge is -2.50. The number of benzene rings is 3. The zero-order chi connectivity index (χ0) is 34.1.